The summed E-state index contributed by atoms with van der Waals surface area (Å²) in [4.78, 5) is 4.56. The fraction of sp³-hybridized carbons (Fsp3) is 0.381. The lowest BCUT2D eigenvalue weighted by Crippen LogP contribution is -2.42. The van der Waals surface area contributed by atoms with Crippen molar-refractivity contribution in [3.8, 4) is 0 Å². The molecule has 1 aliphatic carbocycles. The minimum atomic E-state index is -3.17. The molecule has 0 bridgehead atoms. The van der Waals surface area contributed by atoms with Gasteiger partial charge in [0.25, 0.3) is 0 Å². The number of halogens is 1. The Morgan fingerprint density at radius 3 is 2.36 bits per heavy atom. The topological polar surface area (TPSA) is 70.6 Å². The van der Waals surface area contributed by atoms with E-state index in [9.17, 15) is 12.8 Å². The Morgan fingerprint density at radius 2 is 1.79 bits per heavy atom. The van der Waals surface area contributed by atoms with Gasteiger partial charge in [-0.05, 0) is 48.6 Å². The van der Waals surface area contributed by atoms with E-state index in [0.717, 1.165) is 30.4 Å². The normalized spacial score (nSPS) is 15.9. The summed E-state index contributed by atoms with van der Waals surface area (Å²) in [6, 6.07) is 13.9. The average Bonchev–Trinajstić information content (AvgIpc) is 3.45. The summed E-state index contributed by atoms with van der Waals surface area (Å²) in [5.41, 5.74) is 1.66. The zero-order valence-electron chi connectivity index (χ0n) is 16.2. The van der Waals surface area contributed by atoms with Crippen molar-refractivity contribution < 1.29 is 12.8 Å². The highest BCUT2D eigenvalue weighted by Crippen LogP contribution is 2.48. The maximum atomic E-state index is 14.1. The van der Waals surface area contributed by atoms with Gasteiger partial charge in [0.05, 0.1) is 4.90 Å². The molecule has 1 fully saturated rings. The minimum absolute atomic E-state index is 0.148. The van der Waals surface area contributed by atoms with Gasteiger partial charge in [-0.15, -0.1) is 0 Å². The Labute approximate surface area is 166 Å². The standard InChI is InChI=1S/C21H26FN3O2S/c1-23-20(24-14-11-16-7-9-17(10-8-16)28(2,26)27)25-15-21(12-13-21)18-5-3-4-6-19(18)22/h3-10H,11-15H2,1-2H3,(H2,23,24,25). The van der Waals surface area contributed by atoms with E-state index in [-0.39, 0.29) is 11.2 Å². The predicted molar refractivity (Wildman–Crippen MR) is 110 cm³/mol. The molecule has 2 aromatic carbocycles. The lowest BCUT2D eigenvalue weighted by atomic mass is 9.95. The molecule has 0 aromatic heterocycles. The molecule has 0 amide bonds. The number of rotatable bonds is 7. The van der Waals surface area contributed by atoms with Crippen LogP contribution in [0.15, 0.2) is 58.4 Å². The van der Waals surface area contributed by atoms with E-state index in [1.54, 1.807) is 25.2 Å². The molecule has 0 unspecified atom stereocenters. The van der Waals surface area contributed by atoms with Crippen LogP contribution in [0.2, 0.25) is 0 Å². The summed E-state index contributed by atoms with van der Waals surface area (Å²) < 4.78 is 37.1. The first-order chi connectivity index (χ1) is 13.3. The molecule has 3 rings (SSSR count). The molecule has 150 valence electrons. The van der Waals surface area contributed by atoms with Crippen molar-refractivity contribution in [2.24, 2.45) is 4.99 Å². The Hall–Kier alpha value is -2.41. The number of hydrogen-bond donors (Lipinski definition) is 2. The van der Waals surface area contributed by atoms with Crippen LogP contribution in [0.1, 0.15) is 24.0 Å². The first-order valence-electron chi connectivity index (χ1n) is 9.33. The van der Waals surface area contributed by atoms with Crippen LogP contribution in [0.5, 0.6) is 0 Å². The first kappa shape index (κ1) is 20.3. The van der Waals surface area contributed by atoms with Crippen LogP contribution in [0.3, 0.4) is 0 Å². The van der Waals surface area contributed by atoms with Crippen molar-refractivity contribution in [1.82, 2.24) is 10.6 Å². The zero-order chi connectivity index (χ0) is 20.2. The summed E-state index contributed by atoms with van der Waals surface area (Å²) in [5.74, 6) is 0.526. The lowest BCUT2D eigenvalue weighted by molar-refractivity contribution is 0.559. The second-order valence-electron chi connectivity index (χ2n) is 7.28. The van der Waals surface area contributed by atoms with Gasteiger partial charge in [0.15, 0.2) is 15.8 Å². The summed E-state index contributed by atoms with van der Waals surface area (Å²) >= 11 is 0. The molecule has 0 saturated heterocycles. The highest BCUT2D eigenvalue weighted by molar-refractivity contribution is 7.90. The molecule has 0 atom stereocenters. The van der Waals surface area contributed by atoms with Crippen molar-refractivity contribution in [2.75, 3.05) is 26.4 Å². The van der Waals surface area contributed by atoms with Crippen molar-refractivity contribution in [2.45, 2.75) is 29.6 Å². The largest absolute Gasteiger partial charge is 0.356 e. The van der Waals surface area contributed by atoms with Gasteiger partial charge >= 0.3 is 0 Å². The number of nitrogens with one attached hydrogen (secondary N) is 2. The van der Waals surface area contributed by atoms with Crippen LogP contribution in [0.4, 0.5) is 4.39 Å². The molecule has 5 nitrogen and oxygen atoms in total. The van der Waals surface area contributed by atoms with Crippen LogP contribution >= 0.6 is 0 Å². The van der Waals surface area contributed by atoms with Gasteiger partial charge in [0, 0.05) is 31.8 Å². The Bertz CT molecular complexity index is 952. The third-order valence-corrected chi connectivity index (χ3v) is 6.30. The number of benzene rings is 2. The molecule has 1 saturated carbocycles. The van der Waals surface area contributed by atoms with Crippen molar-refractivity contribution >= 4 is 15.8 Å². The predicted octanol–water partition coefficient (Wildman–Crippen LogP) is 2.67. The molecule has 0 spiro atoms. The van der Waals surface area contributed by atoms with Crippen LogP contribution < -0.4 is 10.6 Å². The number of guanidine groups is 1. The highest BCUT2D eigenvalue weighted by Gasteiger charge is 2.45. The molecule has 28 heavy (non-hydrogen) atoms. The van der Waals surface area contributed by atoms with E-state index in [4.69, 9.17) is 0 Å². The van der Waals surface area contributed by atoms with Gasteiger partial charge in [-0.25, -0.2) is 12.8 Å². The Morgan fingerprint density at radius 1 is 1.11 bits per heavy atom. The third-order valence-electron chi connectivity index (χ3n) is 5.17. The van der Waals surface area contributed by atoms with Gasteiger partial charge in [0.2, 0.25) is 0 Å². The molecule has 0 radical (unpaired) electrons. The Kier molecular flexibility index (Phi) is 6.03. The SMILES string of the molecule is CN=C(NCCc1ccc(S(C)(=O)=O)cc1)NCC1(c2ccccc2F)CC1. The van der Waals surface area contributed by atoms with E-state index in [2.05, 4.69) is 15.6 Å². The number of nitrogens with zero attached hydrogens (tertiary/aromatic N) is 1. The van der Waals surface area contributed by atoms with Crippen LogP contribution in [-0.2, 0) is 21.7 Å². The summed E-state index contributed by atoms with van der Waals surface area (Å²) in [5, 5.41) is 6.56. The highest BCUT2D eigenvalue weighted by atomic mass is 32.2. The van der Waals surface area contributed by atoms with E-state index < -0.39 is 9.84 Å². The Balaban J connectivity index is 1.50. The maximum absolute atomic E-state index is 14.1. The van der Waals surface area contributed by atoms with Gasteiger partial charge in [0.1, 0.15) is 5.82 Å². The molecule has 2 aromatic rings. The molecular weight excluding hydrogens is 377 g/mol. The second-order valence-corrected chi connectivity index (χ2v) is 9.29. The van der Waals surface area contributed by atoms with Crippen LogP contribution in [0.25, 0.3) is 0 Å². The van der Waals surface area contributed by atoms with Gasteiger partial charge < -0.3 is 10.6 Å². The second kappa shape index (κ2) is 8.31. The number of sulfone groups is 1. The number of hydrogen-bond acceptors (Lipinski definition) is 3. The molecule has 0 aliphatic heterocycles. The van der Waals surface area contributed by atoms with Gasteiger partial charge in [-0.3, -0.25) is 4.99 Å². The van der Waals surface area contributed by atoms with Crippen molar-refractivity contribution in [3.05, 3.63) is 65.5 Å². The maximum Gasteiger partial charge on any atom is 0.191 e. The van der Waals surface area contributed by atoms with Gasteiger partial charge in [-0.2, -0.15) is 0 Å². The molecule has 7 heteroatoms. The third kappa shape index (κ3) is 4.90. The quantitative estimate of drug-likeness (QED) is 0.551. The smallest absolute Gasteiger partial charge is 0.191 e. The average molecular weight is 404 g/mol. The summed E-state index contributed by atoms with van der Waals surface area (Å²) in [6.45, 7) is 1.29. The number of aliphatic imine (C=N–C) groups is 1. The molecule has 0 heterocycles. The minimum Gasteiger partial charge on any atom is -0.356 e. The van der Waals surface area contributed by atoms with Crippen LogP contribution in [-0.4, -0.2) is 40.8 Å². The summed E-state index contributed by atoms with van der Waals surface area (Å²) in [7, 11) is -1.46. The van der Waals surface area contributed by atoms with Crippen LogP contribution in [0, 0.1) is 5.82 Å². The van der Waals surface area contributed by atoms with E-state index in [1.165, 1.54) is 12.3 Å². The van der Waals surface area contributed by atoms with Crippen molar-refractivity contribution in [3.63, 3.8) is 0 Å². The fourth-order valence-electron chi connectivity index (χ4n) is 3.29. The van der Waals surface area contributed by atoms with E-state index in [0.29, 0.717) is 23.9 Å². The molecule has 2 N–H and O–H groups in total. The lowest BCUT2D eigenvalue weighted by Gasteiger charge is -2.19. The first-order valence-corrected chi connectivity index (χ1v) is 11.2. The fourth-order valence-corrected chi connectivity index (χ4v) is 3.92. The molecular formula is C21H26FN3O2S. The van der Waals surface area contributed by atoms with E-state index >= 15 is 0 Å². The van der Waals surface area contributed by atoms with Gasteiger partial charge in [-0.1, -0.05) is 30.3 Å². The molecule has 1 aliphatic rings. The van der Waals surface area contributed by atoms with Crippen molar-refractivity contribution in [1.29, 1.82) is 0 Å². The monoisotopic (exact) mass is 403 g/mol. The van der Waals surface area contributed by atoms with E-state index in [1.807, 2.05) is 24.3 Å². The summed E-state index contributed by atoms with van der Waals surface area (Å²) in [6.07, 6.45) is 3.87. The zero-order valence-corrected chi connectivity index (χ0v) is 17.0.